The van der Waals surface area contributed by atoms with E-state index >= 15 is 0 Å². The van der Waals surface area contributed by atoms with Crippen molar-refractivity contribution in [2.45, 2.75) is 217 Å². The molecule has 8 nitrogen and oxygen atoms in total. The zero-order chi connectivity index (χ0) is 33.3. The van der Waals surface area contributed by atoms with Gasteiger partial charge >= 0.3 is 0 Å². The normalized spacial score (nSPS) is 15.7. The van der Waals surface area contributed by atoms with Crippen molar-refractivity contribution >= 4 is 0 Å². The van der Waals surface area contributed by atoms with Crippen LogP contribution in [0.25, 0.3) is 0 Å². The first-order chi connectivity index (χ1) is 21.3. The monoisotopic (exact) mass is 635 g/mol. The molecule has 0 radical (unpaired) electrons. The highest BCUT2D eigenvalue weighted by Gasteiger charge is 2.23. The molecular weight excluding hydrogens is 556 g/mol. The van der Waals surface area contributed by atoms with E-state index in [1.54, 1.807) is 0 Å². The molecule has 0 bridgehead atoms. The van der Waals surface area contributed by atoms with Crippen LogP contribution in [0.15, 0.2) is 0 Å². The van der Waals surface area contributed by atoms with Gasteiger partial charge in [0.1, 0.15) is 0 Å². The van der Waals surface area contributed by atoms with Crippen molar-refractivity contribution in [2.24, 2.45) is 11.5 Å². The molecule has 0 aromatic carbocycles. The third kappa shape index (κ3) is 30.3. The number of rotatable bonds is 32. The SMILES string of the molecule is CCCCCCCCCCCCCC[C@@H](O)[C@@H](O)[C@@H](N)CO.CCCCCCCCCCCCCC[C@@H](O)[C@@H](O)[C@@H](N)CO. The second-order valence-electron chi connectivity index (χ2n) is 13.2. The van der Waals surface area contributed by atoms with Crippen LogP contribution in [0, 0.1) is 0 Å². The van der Waals surface area contributed by atoms with Gasteiger partial charge in [-0.25, -0.2) is 0 Å². The van der Waals surface area contributed by atoms with E-state index < -0.39 is 36.5 Å². The number of aliphatic hydroxyl groups is 6. The molecule has 0 unspecified atom stereocenters. The van der Waals surface area contributed by atoms with Gasteiger partial charge in [0, 0.05) is 0 Å². The average Bonchev–Trinajstić information content (AvgIpc) is 3.04. The fraction of sp³-hybridized carbons (Fsp3) is 1.00. The van der Waals surface area contributed by atoms with Gasteiger partial charge in [0.25, 0.3) is 0 Å². The molecule has 0 heterocycles. The summed E-state index contributed by atoms with van der Waals surface area (Å²) < 4.78 is 0. The Hall–Kier alpha value is -0.320. The maximum atomic E-state index is 9.74. The average molecular weight is 635 g/mol. The van der Waals surface area contributed by atoms with Crippen LogP contribution in [-0.4, -0.2) is 80.4 Å². The summed E-state index contributed by atoms with van der Waals surface area (Å²) in [6.07, 6.45) is 28.2. The lowest BCUT2D eigenvalue weighted by atomic mass is 10.00. The number of hydrogen-bond acceptors (Lipinski definition) is 8. The van der Waals surface area contributed by atoms with Gasteiger partial charge in [-0.05, 0) is 12.8 Å². The summed E-state index contributed by atoms with van der Waals surface area (Å²) in [4.78, 5) is 0. The predicted molar refractivity (Wildman–Crippen MR) is 186 cm³/mol. The molecule has 0 aliphatic rings. The van der Waals surface area contributed by atoms with Crippen LogP contribution in [0.3, 0.4) is 0 Å². The second kappa shape index (κ2) is 35.5. The molecule has 0 aliphatic carbocycles. The number of nitrogens with two attached hydrogens (primary N) is 2. The van der Waals surface area contributed by atoms with Gasteiger partial charge < -0.3 is 42.1 Å². The second-order valence-corrected chi connectivity index (χ2v) is 13.2. The third-order valence-electron chi connectivity index (χ3n) is 8.79. The summed E-state index contributed by atoms with van der Waals surface area (Å²) >= 11 is 0. The van der Waals surface area contributed by atoms with Gasteiger partial charge in [-0.2, -0.15) is 0 Å². The highest BCUT2D eigenvalue weighted by Crippen LogP contribution is 2.15. The van der Waals surface area contributed by atoms with Gasteiger partial charge in [0.15, 0.2) is 0 Å². The van der Waals surface area contributed by atoms with Gasteiger partial charge in [0.2, 0.25) is 0 Å². The molecule has 10 N–H and O–H groups in total. The van der Waals surface area contributed by atoms with E-state index in [0.29, 0.717) is 12.8 Å². The van der Waals surface area contributed by atoms with Gasteiger partial charge in [0.05, 0.1) is 49.7 Å². The largest absolute Gasteiger partial charge is 0.395 e. The van der Waals surface area contributed by atoms with Gasteiger partial charge in [-0.1, -0.05) is 168 Å². The first-order valence-corrected chi connectivity index (χ1v) is 18.7. The van der Waals surface area contributed by atoms with Crippen molar-refractivity contribution in [1.82, 2.24) is 0 Å². The highest BCUT2D eigenvalue weighted by atomic mass is 16.3. The molecule has 0 aliphatic heterocycles. The van der Waals surface area contributed by atoms with E-state index in [2.05, 4.69) is 13.8 Å². The summed E-state index contributed by atoms with van der Waals surface area (Å²) in [6.45, 7) is 3.91. The maximum absolute atomic E-state index is 9.74. The Labute approximate surface area is 272 Å². The Morgan fingerprint density at radius 1 is 0.364 bits per heavy atom. The van der Waals surface area contributed by atoms with Crippen LogP contribution in [0.4, 0.5) is 0 Å². The number of aliphatic hydroxyl groups excluding tert-OH is 6. The van der Waals surface area contributed by atoms with Crippen molar-refractivity contribution in [2.75, 3.05) is 13.2 Å². The van der Waals surface area contributed by atoms with Crippen LogP contribution in [-0.2, 0) is 0 Å². The minimum atomic E-state index is -1.02. The fourth-order valence-corrected chi connectivity index (χ4v) is 5.52. The molecule has 0 aromatic rings. The van der Waals surface area contributed by atoms with Crippen molar-refractivity contribution < 1.29 is 30.6 Å². The van der Waals surface area contributed by atoms with Crippen LogP contribution in [0.1, 0.15) is 181 Å². The van der Waals surface area contributed by atoms with E-state index in [0.717, 1.165) is 25.7 Å². The molecule has 0 amide bonds. The summed E-state index contributed by atoms with van der Waals surface area (Å²) in [5, 5.41) is 56.4. The van der Waals surface area contributed by atoms with Crippen LogP contribution < -0.4 is 11.5 Å². The molecule has 0 saturated heterocycles. The molecule has 0 saturated carbocycles. The molecular formula is C36H78N2O6. The van der Waals surface area contributed by atoms with Crippen molar-refractivity contribution in [3.8, 4) is 0 Å². The number of hydrogen-bond donors (Lipinski definition) is 8. The van der Waals surface area contributed by atoms with Gasteiger partial charge in [-0.15, -0.1) is 0 Å². The Balaban J connectivity index is 0. The fourth-order valence-electron chi connectivity index (χ4n) is 5.52. The summed E-state index contributed by atoms with van der Waals surface area (Å²) in [5.41, 5.74) is 11.0. The quantitative estimate of drug-likeness (QED) is 0.0402. The maximum Gasteiger partial charge on any atom is 0.0971 e. The molecule has 0 spiro atoms. The van der Waals surface area contributed by atoms with Crippen LogP contribution in [0.2, 0.25) is 0 Å². The Morgan fingerprint density at radius 2 is 0.568 bits per heavy atom. The Bertz CT molecular complexity index is 499. The molecule has 8 heteroatoms. The summed E-state index contributed by atoms with van der Waals surface area (Å²) in [7, 11) is 0. The smallest absolute Gasteiger partial charge is 0.0971 e. The van der Waals surface area contributed by atoms with E-state index in [1.807, 2.05) is 0 Å². The van der Waals surface area contributed by atoms with Crippen molar-refractivity contribution in [1.29, 1.82) is 0 Å². The third-order valence-corrected chi connectivity index (χ3v) is 8.79. The Kier molecular flexibility index (Phi) is 37.0. The van der Waals surface area contributed by atoms with E-state index in [-0.39, 0.29) is 13.2 Å². The standard InChI is InChI=1S/2C18H39NO3/c2*1-2-3-4-5-6-7-8-9-10-11-12-13-14-17(21)18(22)16(19)15-20/h2*16-18,20-22H,2-15,19H2,1H3/t2*16-,17+,18-/m00/s1. The van der Waals surface area contributed by atoms with E-state index in [9.17, 15) is 20.4 Å². The molecule has 0 rings (SSSR count). The summed E-state index contributed by atoms with van der Waals surface area (Å²) in [6, 6.07) is -1.49. The first-order valence-electron chi connectivity index (χ1n) is 18.7. The minimum Gasteiger partial charge on any atom is -0.395 e. The zero-order valence-electron chi connectivity index (χ0n) is 29.1. The molecule has 6 atom stereocenters. The van der Waals surface area contributed by atoms with E-state index in [4.69, 9.17) is 21.7 Å². The first kappa shape index (κ1) is 45.8. The minimum absolute atomic E-state index is 0.295. The van der Waals surface area contributed by atoms with Crippen molar-refractivity contribution in [3.05, 3.63) is 0 Å². The van der Waals surface area contributed by atoms with E-state index in [1.165, 1.54) is 128 Å². The molecule has 0 fully saturated rings. The number of unbranched alkanes of at least 4 members (excludes halogenated alkanes) is 22. The van der Waals surface area contributed by atoms with Crippen LogP contribution >= 0.6 is 0 Å². The molecule has 268 valence electrons. The van der Waals surface area contributed by atoms with Crippen LogP contribution in [0.5, 0.6) is 0 Å². The highest BCUT2D eigenvalue weighted by molar-refractivity contribution is 4.78. The van der Waals surface area contributed by atoms with Gasteiger partial charge in [-0.3, -0.25) is 0 Å². The molecule has 0 aromatic heterocycles. The lowest BCUT2D eigenvalue weighted by molar-refractivity contribution is -0.0121. The van der Waals surface area contributed by atoms with Crippen molar-refractivity contribution in [3.63, 3.8) is 0 Å². The lowest BCUT2D eigenvalue weighted by Crippen LogP contribution is -2.45. The Morgan fingerprint density at radius 3 is 0.773 bits per heavy atom. The predicted octanol–water partition coefficient (Wildman–Crippen LogP) is 6.24. The topological polar surface area (TPSA) is 173 Å². The lowest BCUT2D eigenvalue weighted by Gasteiger charge is -2.22. The zero-order valence-corrected chi connectivity index (χ0v) is 29.1. The molecule has 44 heavy (non-hydrogen) atoms. The summed E-state index contributed by atoms with van der Waals surface area (Å²) in [5.74, 6) is 0.